The highest BCUT2D eigenvalue weighted by atomic mass is 16.6. The van der Waals surface area contributed by atoms with Crippen molar-refractivity contribution in [1.82, 2.24) is 0 Å². The fraction of sp³-hybridized carbons (Fsp3) is 0.300. The van der Waals surface area contributed by atoms with Crippen molar-refractivity contribution in [2.24, 2.45) is 11.3 Å². The van der Waals surface area contributed by atoms with Gasteiger partial charge in [-0.15, -0.1) is 0 Å². The summed E-state index contributed by atoms with van der Waals surface area (Å²) >= 11 is 0. The summed E-state index contributed by atoms with van der Waals surface area (Å²) in [7, 11) is 0. The molecule has 1 saturated heterocycles. The summed E-state index contributed by atoms with van der Waals surface area (Å²) in [6.45, 7) is 5.33. The molecule has 0 aromatic heterocycles. The zero-order chi connectivity index (χ0) is 25.7. The minimum absolute atomic E-state index is 0.0306. The van der Waals surface area contributed by atoms with Gasteiger partial charge in [-0.25, -0.2) is 0 Å². The Balaban J connectivity index is 2.02. The van der Waals surface area contributed by atoms with Gasteiger partial charge in [0.1, 0.15) is 6.10 Å². The van der Waals surface area contributed by atoms with Crippen LogP contribution < -0.4 is 0 Å². The van der Waals surface area contributed by atoms with E-state index in [-0.39, 0.29) is 19.0 Å². The van der Waals surface area contributed by atoms with Crippen LogP contribution in [-0.4, -0.2) is 30.9 Å². The Morgan fingerprint density at radius 1 is 0.750 bits per heavy atom. The van der Waals surface area contributed by atoms with Gasteiger partial charge in [0, 0.05) is 5.56 Å². The first-order chi connectivity index (χ1) is 17.4. The SMILES string of the molecule is CCOC(=O)C1(C(=O)OCC)[C@H](C(=O)c2ccccc2)[C@@H](c2ccccc2)O[C@H]1c1ccc(C)cc1. The van der Waals surface area contributed by atoms with Crippen molar-refractivity contribution in [3.63, 3.8) is 0 Å². The Morgan fingerprint density at radius 2 is 1.28 bits per heavy atom. The van der Waals surface area contributed by atoms with Crippen LogP contribution in [0.2, 0.25) is 0 Å². The van der Waals surface area contributed by atoms with Gasteiger partial charge >= 0.3 is 11.9 Å². The topological polar surface area (TPSA) is 78.9 Å². The highest BCUT2D eigenvalue weighted by Gasteiger charge is 2.70. The van der Waals surface area contributed by atoms with Crippen LogP contribution in [0.1, 0.15) is 53.1 Å². The second-order valence-electron chi connectivity index (χ2n) is 8.78. The van der Waals surface area contributed by atoms with Crippen LogP contribution in [0, 0.1) is 18.3 Å². The molecule has 4 rings (SSSR count). The first-order valence-corrected chi connectivity index (χ1v) is 12.2. The van der Waals surface area contributed by atoms with Crippen LogP contribution in [-0.2, 0) is 23.8 Å². The number of aryl methyl sites for hydroxylation is 1. The van der Waals surface area contributed by atoms with E-state index in [1.165, 1.54) is 0 Å². The van der Waals surface area contributed by atoms with Gasteiger partial charge < -0.3 is 14.2 Å². The van der Waals surface area contributed by atoms with Crippen molar-refractivity contribution >= 4 is 17.7 Å². The number of rotatable bonds is 8. The molecule has 0 aliphatic carbocycles. The van der Waals surface area contributed by atoms with Gasteiger partial charge in [-0.1, -0.05) is 90.5 Å². The highest BCUT2D eigenvalue weighted by molar-refractivity contribution is 6.10. The monoisotopic (exact) mass is 486 g/mol. The molecule has 1 aliphatic heterocycles. The lowest BCUT2D eigenvalue weighted by Gasteiger charge is -2.33. The Kier molecular flexibility index (Phi) is 7.65. The zero-order valence-electron chi connectivity index (χ0n) is 20.7. The Hall–Kier alpha value is -3.77. The van der Waals surface area contributed by atoms with Gasteiger partial charge in [0.05, 0.1) is 25.2 Å². The predicted molar refractivity (Wildman–Crippen MR) is 134 cm³/mol. The molecule has 6 nitrogen and oxygen atoms in total. The second-order valence-corrected chi connectivity index (χ2v) is 8.78. The largest absolute Gasteiger partial charge is 0.465 e. The lowest BCUT2D eigenvalue weighted by atomic mass is 9.66. The molecular formula is C30H30O6. The lowest BCUT2D eigenvalue weighted by Crippen LogP contribution is -2.51. The van der Waals surface area contributed by atoms with Crippen LogP contribution in [0.3, 0.4) is 0 Å². The normalized spacial score (nSPS) is 20.5. The Morgan fingerprint density at radius 3 is 1.81 bits per heavy atom. The molecule has 1 fully saturated rings. The first kappa shape index (κ1) is 25.3. The first-order valence-electron chi connectivity index (χ1n) is 12.2. The smallest absolute Gasteiger partial charge is 0.327 e. The third-order valence-corrected chi connectivity index (χ3v) is 6.56. The van der Waals surface area contributed by atoms with Gasteiger partial charge in [0.2, 0.25) is 5.41 Å². The quantitative estimate of drug-likeness (QED) is 0.240. The van der Waals surface area contributed by atoms with Crippen molar-refractivity contribution < 1.29 is 28.6 Å². The average molecular weight is 487 g/mol. The van der Waals surface area contributed by atoms with E-state index >= 15 is 0 Å². The summed E-state index contributed by atoms with van der Waals surface area (Å²) < 4.78 is 17.6. The number of hydrogen-bond donors (Lipinski definition) is 0. The van der Waals surface area contributed by atoms with Gasteiger partial charge in [0.25, 0.3) is 0 Å². The van der Waals surface area contributed by atoms with Crippen molar-refractivity contribution in [2.75, 3.05) is 13.2 Å². The standard InChI is InChI=1S/C30H30O6/c1-4-34-28(32)30(29(33)35-5-2)24(25(31)21-12-8-6-9-13-21)26(22-14-10-7-11-15-22)36-27(30)23-18-16-20(3)17-19-23/h6-19,24,26-27H,4-5H2,1-3H3/t24-,26-,27+/m1/s1. The molecule has 0 saturated carbocycles. The third-order valence-electron chi connectivity index (χ3n) is 6.56. The summed E-state index contributed by atoms with van der Waals surface area (Å²) in [6, 6.07) is 25.2. The number of benzene rings is 3. The summed E-state index contributed by atoms with van der Waals surface area (Å²) in [5.41, 5.74) is 0.598. The summed E-state index contributed by atoms with van der Waals surface area (Å²) in [5.74, 6) is -3.27. The van der Waals surface area contributed by atoms with Crippen LogP contribution in [0.5, 0.6) is 0 Å². The van der Waals surface area contributed by atoms with E-state index in [9.17, 15) is 14.4 Å². The van der Waals surface area contributed by atoms with E-state index in [4.69, 9.17) is 14.2 Å². The summed E-state index contributed by atoms with van der Waals surface area (Å²) in [4.78, 5) is 42.0. The molecule has 0 amide bonds. The van der Waals surface area contributed by atoms with Gasteiger partial charge in [-0.05, 0) is 31.9 Å². The molecule has 6 heteroatoms. The minimum Gasteiger partial charge on any atom is -0.465 e. The van der Waals surface area contributed by atoms with Gasteiger partial charge in [-0.2, -0.15) is 0 Å². The van der Waals surface area contributed by atoms with E-state index in [0.29, 0.717) is 16.7 Å². The summed E-state index contributed by atoms with van der Waals surface area (Å²) in [5, 5.41) is 0. The molecule has 0 bridgehead atoms. The van der Waals surface area contributed by atoms with Crippen molar-refractivity contribution in [3.8, 4) is 0 Å². The molecule has 186 valence electrons. The van der Waals surface area contributed by atoms with Crippen LogP contribution in [0.4, 0.5) is 0 Å². The molecule has 3 aromatic carbocycles. The molecule has 3 atom stereocenters. The minimum atomic E-state index is -2.05. The summed E-state index contributed by atoms with van der Waals surface area (Å²) in [6.07, 6.45) is -1.99. The molecule has 0 spiro atoms. The molecule has 1 heterocycles. The van der Waals surface area contributed by atoms with Crippen molar-refractivity contribution in [3.05, 3.63) is 107 Å². The maximum Gasteiger partial charge on any atom is 0.327 e. The number of carbonyl (C=O) groups excluding carboxylic acids is 3. The maximum absolute atomic E-state index is 14.2. The maximum atomic E-state index is 14.2. The molecule has 3 aromatic rings. The Labute approximate surface area is 211 Å². The van der Waals surface area contributed by atoms with Crippen LogP contribution >= 0.6 is 0 Å². The highest BCUT2D eigenvalue weighted by Crippen LogP contribution is 2.59. The third kappa shape index (κ3) is 4.44. The van der Waals surface area contributed by atoms with Crippen LogP contribution in [0.15, 0.2) is 84.9 Å². The molecule has 0 unspecified atom stereocenters. The number of carbonyl (C=O) groups is 3. The van der Waals surface area contributed by atoms with E-state index in [0.717, 1.165) is 5.56 Å². The number of hydrogen-bond acceptors (Lipinski definition) is 6. The number of esters is 2. The molecular weight excluding hydrogens is 456 g/mol. The fourth-order valence-corrected chi connectivity index (χ4v) is 4.91. The van der Waals surface area contributed by atoms with E-state index in [1.807, 2.05) is 61.5 Å². The fourth-order valence-electron chi connectivity index (χ4n) is 4.91. The zero-order valence-corrected chi connectivity index (χ0v) is 20.7. The predicted octanol–water partition coefficient (Wildman–Crippen LogP) is 5.42. The number of ether oxygens (including phenoxy) is 3. The molecule has 36 heavy (non-hydrogen) atoms. The van der Waals surface area contributed by atoms with Crippen molar-refractivity contribution in [1.29, 1.82) is 0 Å². The van der Waals surface area contributed by atoms with E-state index in [1.54, 1.807) is 44.2 Å². The Bertz CT molecular complexity index is 1190. The van der Waals surface area contributed by atoms with E-state index < -0.39 is 35.5 Å². The molecule has 0 N–H and O–H groups in total. The number of ketones is 1. The lowest BCUT2D eigenvalue weighted by molar-refractivity contribution is -0.178. The van der Waals surface area contributed by atoms with Crippen molar-refractivity contribution in [2.45, 2.75) is 33.0 Å². The molecule has 0 radical (unpaired) electrons. The second kappa shape index (κ2) is 10.9. The van der Waals surface area contributed by atoms with E-state index in [2.05, 4.69) is 0 Å². The number of Topliss-reactive ketones (excluding diaryl/α,β-unsaturated/α-hetero) is 1. The van der Waals surface area contributed by atoms with Gasteiger partial charge in [-0.3, -0.25) is 14.4 Å². The van der Waals surface area contributed by atoms with Crippen LogP contribution in [0.25, 0.3) is 0 Å². The molecule has 1 aliphatic rings. The average Bonchev–Trinajstić information content (AvgIpc) is 3.27. The van der Waals surface area contributed by atoms with Gasteiger partial charge in [0.15, 0.2) is 5.78 Å².